The van der Waals surface area contributed by atoms with Crippen molar-refractivity contribution in [1.82, 2.24) is 5.32 Å². The van der Waals surface area contributed by atoms with Crippen molar-refractivity contribution in [1.29, 1.82) is 0 Å². The molecule has 3 aromatic rings. The number of carboxylic acids is 1. The van der Waals surface area contributed by atoms with Crippen molar-refractivity contribution in [2.75, 3.05) is 0 Å². The summed E-state index contributed by atoms with van der Waals surface area (Å²) in [7, 11) is 0. The number of benzene rings is 3. The molecule has 166 valence electrons. The highest BCUT2D eigenvalue weighted by Gasteiger charge is 2.39. The van der Waals surface area contributed by atoms with Crippen LogP contribution in [0.2, 0.25) is 0 Å². The number of hydrogen-bond donors (Lipinski definition) is 2. The Bertz CT molecular complexity index is 1030. The third-order valence-electron chi connectivity index (χ3n) is 5.48. The molecule has 0 aliphatic carbocycles. The van der Waals surface area contributed by atoms with Crippen molar-refractivity contribution in [3.8, 4) is 0 Å². The summed E-state index contributed by atoms with van der Waals surface area (Å²) in [5.41, 5.74) is -0.259. The predicted octanol–water partition coefficient (Wildman–Crippen LogP) is 4.82. The minimum atomic E-state index is -4.48. The van der Waals surface area contributed by atoms with Crippen LogP contribution in [-0.4, -0.2) is 23.0 Å². The fourth-order valence-corrected chi connectivity index (χ4v) is 3.54. The zero-order valence-corrected chi connectivity index (χ0v) is 17.3. The van der Waals surface area contributed by atoms with Gasteiger partial charge in [-0.2, -0.15) is 13.2 Å². The largest absolute Gasteiger partial charge is 0.480 e. The van der Waals surface area contributed by atoms with Gasteiger partial charge in [0.1, 0.15) is 6.04 Å². The highest BCUT2D eigenvalue weighted by atomic mass is 19.4. The summed E-state index contributed by atoms with van der Waals surface area (Å²) in [6, 6.07) is 20.9. The summed E-state index contributed by atoms with van der Waals surface area (Å²) in [6.45, 7) is 1.71. The fourth-order valence-electron chi connectivity index (χ4n) is 3.54. The molecule has 0 saturated heterocycles. The number of carboxylic acid groups (broad SMARTS) is 1. The molecule has 0 fully saturated rings. The monoisotopic (exact) mass is 441 g/mol. The van der Waals surface area contributed by atoms with Crippen molar-refractivity contribution in [2.45, 2.75) is 31.0 Å². The van der Waals surface area contributed by atoms with Gasteiger partial charge in [0, 0.05) is 6.42 Å². The molecule has 0 heterocycles. The number of halogens is 3. The summed E-state index contributed by atoms with van der Waals surface area (Å²) >= 11 is 0. The Morgan fingerprint density at radius 1 is 0.812 bits per heavy atom. The van der Waals surface area contributed by atoms with E-state index < -0.39 is 35.1 Å². The molecule has 0 aromatic heterocycles. The number of rotatable bonds is 7. The van der Waals surface area contributed by atoms with Gasteiger partial charge in [-0.05, 0) is 35.7 Å². The Labute approximate surface area is 183 Å². The fraction of sp³-hybridized carbons (Fsp3) is 0.200. The molecule has 0 bridgehead atoms. The number of carbonyl (C=O) groups excluding carboxylic acids is 1. The summed E-state index contributed by atoms with van der Waals surface area (Å²) in [5, 5.41) is 12.3. The summed E-state index contributed by atoms with van der Waals surface area (Å²) in [4.78, 5) is 25.3. The topological polar surface area (TPSA) is 66.4 Å². The lowest BCUT2D eigenvalue weighted by Crippen LogP contribution is -2.50. The van der Waals surface area contributed by atoms with Crippen LogP contribution in [0.3, 0.4) is 0 Å². The Kier molecular flexibility index (Phi) is 6.67. The third-order valence-corrected chi connectivity index (χ3v) is 5.48. The third kappa shape index (κ3) is 4.99. The van der Waals surface area contributed by atoms with Crippen LogP contribution in [0.5, 0.6) is 0 Å². The lowest BCUT2D eigenvalue weighted by molar-refractivity contribution is -0.142. The van der Waals surface area contributed by atoms with Crippen molar-refractivity contribution < 1.29 is 27.9 Å². The zero-order valence-electron chi connectivity index (χ0n) is 17.3. The Balaban J connectivity index is 1.88. The highest BCUT2D eigenvalue weighted by Crippen LogP contribution is 2.33. The van der Waals surface area contributed by atoms with Crippen LogP contribution in [0.15, 0.2) is 84.9 Å². The Hall–Kier alpha value is -3.61. The molecule has 0 aliphatic heterocycles. The smallest absolute Gasteiger partial charge is 0.416 e. The van der Waals surface area contributed by atoms with E-state index in [2.05, 4.69) is 5.32 Å². The van der Waals surface area contributed by atoms with Crippen molar-refractivity contribution in [3.05, 3.63) is 107 Å². The quantitative estimate of drug-likeness (QED) is 0.552. The second kappa shape index (κ2) is 9.26. The zero-order chi connectivity index (χ0) is 23.4. The number of hydrogen-bond acceptors (Lipinski definition) is 2. The number of amides is 1. The average Bonchev–Trinajstić information content (AvgIpc) is 2.78. The van der Waals surface area contributed by atoms with Gasteiger partial charge in [0.15, 0.2) is 0 Å². The van der Waals surface area contributed by atoms with Crippen LogP contribution < -0.4 is 5.32 Å². The van der Waals surface area contributed by atoms with Gasteiger partial charge in [-0.1, -0.05) is 72.8 Å². The molecule has 2 N–H and O–H groups in total. The van der Waals surface area contributed by atoms with Gasteiger partial charge in [0.25, 0.3) is 0 Å². The number of carbonyl (C=O) groups is 2. The van der Waals surface area contributed by atoms with Gasteiger partial charge in [-0.3, -0.25) is 4.79 Å². The van der Waals surface area contributed by atoms with E-state index in [9.17, 15) is 27.9 Å². The molecular formula is C25H22F3NO3. The summed E-state index contributed by atoms with van der Waals surface area (Å²) < 4.78 is 38.4. The molecule has 32 heavy (non-hydrogen) atoms. The van der Waals surface area contributed by atoms with Crippen LogP contribution >= 0.6 is 0 Å². The highest BCUT2D eigenvalue weighted by molar-refractivity contribution is 5.94. The van der Waals surface area contributed by atoms with Gasteiger partial charge >= 0.3 is 12.1 Å². The first-order valence-electron chi connectivity index (χ1n) is 9.93. The van der Waals surface area contributed by atoms with Gasteiger partial charge in [0.2, 0.25) is 5.91 Å². The van der Waals surface area contributed by atoms with Crippen molar-refractivity contribution in [3.63, 3.8) is 0 Å². The minimum absolute atomic E-state index is 0.154. The molecule has 1 amide bonds. The summed E-state index contributed by atoms with van der Waals surface area (Å²) in [5.74, 6) is -1.80. The molecule has 0 radical (unpaired) electrons. The van der Waals surface area contributed by atoms with Gasteiger partial charge in [-0.15, -0.1) is 0 Å². The van der Waals surface area contributed by atoms with Crippen LogP contribution in [0.4, 0.5) is 13.2 Å². The molecule has 0 spiro atoms. The normalized spacial score (nSPS) is 12.8. The molecule has 0 saturated carbocycles. The lowest BCUT2D eigenvalue weighted by Gasteiger charge is -2.31. The maximum Gasteiger partial charge on any atom is 0.416 e. The van der Waals surface area contributed by atoms with E-state index in [0.717, 1.165) is 12.1 Å². The molecule has 3 rings (SSSR count). The van der Waals surface area contributed by atoms with Crippen LogP contribution in [0.1, 0.15) is 29.2 Å². The van der Waals surface area contributed by atoms with E-state index in [4.69, 9.17) is 0 Å². The number of nitrogens with one attached hydrogen (secondary N) is 1. The minimum Gasteiger partial charge on any atom is -0.480 e. The van der Waals surface area contributed by atoms with Crippen LogP contribution in [-0.2, 0) is 27.6 Å². The number of aliphatic carboxylic acids is 1. The summed E-state index contributed by atoms with van der Waals surface area (Å²) in [6.07, 6.45) is -4.63. The molecule has 0 aliphatic rings. The second-order valence-corrected chi connectivity index (χ2v) is 7.62. The molecule has 4 nitrogen and oxygen atoms in total. The molecular weight excluding hydrogens is 419 g/mol. The Morgan fingerprint density at radius 3 is 1.69 bits per heavy atom. The first-order chi connectivity index (χ1) is 15.1. The van der Waals surface area contributed by atoms with Crippen molar-refractivity contribution in [2.24, 2.45) is 0 Å². The molecule has 0 unspecified atom stereocenters. The molecule has 1 atom stereocenters. The standard InChI is InChI=1S/C25H22F3NO3/c1-24(18-8-4-2-5-9-18,19-10-6-3-7-11-19)23(32)29-21(22(30)31)16-17-12-14-20(15-13-17)25(26,27)28/h2-15,21H,16H2,1H3,(H,29,32)(H,30,31)/t21-/m1/s1. The van der Waals surface area contributed by atoms with Gasteiger partial charge in [0.05, 0.1) is 11.0 Å². The maximum absolute atomic E-state index is 13.4. The first-order valence-corrected chi connectivity index (χ1v) is 9.93. The van der Waals surface area contributed by atoms with E-state index in [1.807, 2.05) is 12.1 Å². The molecule has 7 heteroatoms. The van der Waals surface area contributed by atoms with E-state index in [1.165, 1.54) is 12.1 Å². The van der Waals surface area contributed by atoms with E-state index >= 15 is 0 Å². The second-order valence-electron chi connectivity index (χ2n) is 7.62. The van der Waals surface area contributed by atoms with E-state index in [-0.39, 0.29) is 6.42 Å². The van der Waals surface area contributed by atoms with E-state index in [1.54, 1.807) is 55.5 Å². The SMILES string of the molecule is CC(C(=O)N[C@H](Cc1ccc(C(F)(F)F)cc1)C(=O)O)(c1ccccc1)c1ccccc1. The van der Waals surface area contributed by atoms with Gasteiger partial charge < -0.3 is 10.4 Å². The molecule has 3 aromatic carbocycles. The lowest BCUT2D eigenvalue weighted by atomic mass is 9.75. The van der Waals surface area contributed by atoms with Gasteiger partial charge in [-0.25, -0.2) is 4.79 Å². The maximum atomic E-state index is 13.4. The first kappa shape index (κ1) is 23.1. The Morgan fingerprint density at radius 2 is 1.28 bits per heavy atom. The average molecular weight is 441 g/mol. The van der Waals surface area contributed by atoms with E-state index in [0.29, 0.717) is 16.7 Å². The van der Waals surface area contributed by atoms with Crippen LogP contribution in [0.25, 0.3) is 0 Å². The van der Waals surface area contributed by atoms with Crippen molar-refractivity contribution >= 4 is 11.9 Å². The van der Waals surface area contributed by atoms with Crippen LogP contribution in [0, 0.1) is 0 Å². The predicted molar refractivity (Wildman–Crippen MR) is 114 cm³/mol. The number of alkyl halides is 3.